The molecule has 1 spiro atoms. The number of aliphatic hydroxyl groups is 1. The van der Waals surface area contributed by atoms with Crippen molar-refractivity contribution < 1.29 is 19.5 Å². The van der Waals surface area contributed by atoms with Crippen LogP contribution >= 0.6 is 39.3 Å². The number of carbonyl (C=O) groups is 3. The van der Waals surface area contributed by atoms with Gasteiger partial charge in [0.15, 0.2) is 0 Å². The van der Waals surface area contributed by atoms with Gasteiger partial charge in [0.25, 0.3) is 5.91 Å². The van der Waals surface area contributed by atoms with Crippen LogP contribution in [-0.4, -0.2) is 74.8 Å². The summed E-state index contributed by atoms with van der Waals surface area (Å²) in [5.41, 5.74) is 2.11. The lowest BCUT2D eigenvalue weighted by Gasteiger charge is -2.38. The molecule has 41 heavy (non-hydrogen) atoms. The van der Waals surface area contributed by atoms with Crippen LogP contribution in [0, 0.1) is 18.8 Å². The zero-order chi connectivity index (χ0) is 29.5. The van der Waals surface area contributed by atoms with Gasteiger partial charge in [-0.15, -0.1) is 24.9 Å². The van der Waals surface area contributed by atoms with Gasteiger partial charge in [-0.2, -0.15) is 0 Å². The molecule has 3 aliphatic rings. The highest BCUT2D eigenvalue weighted by Crippen LogP contribution is 2.68. The molecule has 3 unspecified atom stereocenters. The summed E-state index contributed by atoms with van der Waals surface area (Å²) < 4.78 is -0.854. The third-order valence-corrected chi connectivity index (χ3v) is 11.9. The molecule has 3 fully saturated rings. The van der Waals surface area contributed by atoms with Crippen LogP contribution in [0.25, 0.3) is 0 Å². The van der Waals surface area contributed by atoms with Crippen molar-refractivity contribution in [2.75, 3.05) is 36.0 Å². The van der Waals surface area contributed by atoms with Gasteiger partial charge >= 0.3 is 0 Å². The van der Waals surface area contributed by atoms with Gasteiger partial charge in [-0.1, -0.05) is 70.0 Å². The fourth-order valence-electron chi connectivity index (χ4n) is 6.81. The minimum atomic E-state index is -0.889. The normalized spacial score (nSPS) is 28.0. The summed E-state index contributed by atoms with van der Waals surface area (Å²) in [6.45, 7) is 9.76. The monoisotopic (exact) mass is 657 g/mol. The molecule has 0 aliphatic carbocycles. The Kier molecular flexibility index (Phi) is 8.71. The number of nitrogens with zero attached hydrogens (tertiary/aromatic N) is 3. The number of hydrogen-bond donors (Lipinski definition) is 1. The van der Waals surface area contributed by atoms with Crippen LogP contribution < -0.4 is 9.80 Å². The molecule has 3 heterocycles. The summed E-state index contributed by atoms with van der Waals surface area (Å²) in [5, 5.41) is 10.2. The Labute approximate surface area is 258 Å². The SMILES string of the molecule is C=CCN(C(=O)[C@H]1[C@H]2C(=O)N(CCO)C(C(=O)N(CC=C)c3c(C)cccc3Cl)C23CC(Br)[C@@H]1S3)c1ccccc1. The van der Waals surface area contributed by atoms with Crippen molar-refractivity contribution >= 4 is 68.4 Å². The maximum Gasteiger partial charge on any atom is 0.251 e. The van der Waals surface area contributed by atoms with Gasteiger partial charge in [-0.25, -0.2) is 0 Å². The van der Waals surface area contributed by atoms with Crippen LogP contribution in [0.15, 0.2) is 73.8 Å². The van der Waals surface area contributed by atoms with E-state index in [1.807, 2.05) is 49.4 Å². The summed E-state index contributed by atoms with van der Waals surface area (Å²) >= 11 is 12.0. The van der Waals surface area contributed by atoms with E-state index in [1.165, 1.54) is 4.90 Å². The number of halogens is 2. The smallest absolute Gasteiger partial charge is 0.251 e. The lowest BCUT2D eigenvalue weighted by Crippen LogP contribution is -2.56. The third-order valence-electron chi connectivity index (χ3n) is 8.33. The molecule has 6 atom stereocenters. The maximum atomic E-state index is 14.6. The van der Waals surface area contributed by atoms with Gasteiger partial charge in [0.1, 0.15) is 6.04 Å². The van der Waals surface area contributed by atoms with Crippen molar-refractivity contribution in [1.82, 2.24) is 4.90 Å². The minimum Gasteiger partial charge on any atom is -0.395 e. The number of hydrogen-bond acceptors (Lipinski definition) is 5. The van der Waals surface area contributed by atoms with Gasteiger partial charge in [-0.05, 0) is 37.1 Å². The average molecular weight is 659 g/mol. The number of rotatable bonds is 10. The van der Waals surface area contributed by atoms with E-state index >= 15 is 0 Å². The van der Waals surface area contributed by atoms with Crippen molar-refractivity contribution in [1.29, 1.82) is 0 Å². The summed E-state index contributed by atoms with van der Waals surface area (Å²) in [6.07, 6.45) is 3.85. The lowest BCUT2D eigenvalue weighted by atomic mass is 9.70. The molecule has 3 amide bonds. The molecule has 0 saturated carbocycles. The largest absolute Gasteiger partial charge is 0.395 e. The van der Waals surface area contributed by atoms with Crippen molar-refractivity contribution in [3.63, 3.8) is 0 Å². The number of amides is 3. The van der Waals surface area contributed by atoms with E-state index < -0.39 is 22.6 Å². The number of aryl methyl sites for hydroxylation is 1. The summed E-state index contributed by atoms with van der Waals surface area (Å²) in [6, 6.07) is 13.9. The molecule has 3 aliphatic heterocycles. The van der Waals surface area contributed by atoms with E-state index in [1.54, 1.807) is 39.8 Å². The molecule has 10 heteroatoms. The van der Waals surface area contributed by atoms with Crippen LogP contribution in [0.2, 0.25) is 5.02 Å². The molecule has 216 valence electrons. The first-order chi connectivity index (χ1) is 19.7. The highest BCUT2D eigenvalue weighted by Gasteiger charge is 2.76. The van der Waals surface area contributed by atoms with Crippen LogP contribution in [0.1, 0.15) is 12.0 Å². The van der Waals surface area contributed by atoms with E-state index in [9.17, 15) is 19.5 Å². The van der Waals surface area contributed by atoms with Crippen LogP contribution in [0.3, 0.4) is 0 Å². The van der Waals surface area contributed by atoms with Crippen molar-refractivity contribution in [2.45, 2.75) is 34.2 Å². The molecule has 0 aromatic heterocycles. The molecule has 3 saturated heterocycles. The molecular weight excluding hydrogens is 626 g/mol. The molecule has 5 rings (SSSR count). The van der Waals surface area contributed by atoms with E-state index in [0.29, 0.717) is 23.7 Å². The van der Waals surface area contributed by atoms with Gasteiger partial charge in [0.05, 0.1) is 33.9 Å². The summed E-state index contributed by atoms with van der Waals surface area (Å²) in [4.78, 5) is 47.9. The quantitative estimate of drug-likeness (QED) is 0.292. The average Bonchev–Trinajstić information content (AvgIpc) is 3.54. The van der Waals surface area contributed by atoms with Crippen LogP contribution in [0.4, 0.5) is 11.4 Å². The van der Waals surface area contributed by atoms with Crippen LogP contribution in [-0.2, 0) is 14.4 Å². The minimum absolute atomic E-state index is 0.00886. The molecule has 2 aromatic rings. The lowest BCUT2D eigenvalue weighted by molar-refractivity contribution is -0.139. The zero-order valence-corrected chi connectivity index (χ0v) is 25.9. The number of para-hydroxylation sites is 2. The Hall–Kier alpha value is -2.59. The van der Waals surface area contributed by atoms with Crippen molar-refractivity contribution in [3.8, 4) is 0 Å². The summed E-state index contributed by atoms with van der Waals surface area (Å²) in [5.74, 6) is -2.10. The highest BCUT2D eigenvalue weighted by atomic mass is 79.9. The second-order valence-corrected chi connectivity index (χ2v) is 13.8. The Morgan fingerprint density at radius 2 is 1.80 bits per heavy atom. The molecule has 0 radical (unpaired) electrons. The second kappa shape index (κ2) is 12.0. The second-order valence-electron chi connectivity index (χ2n) is 10.6. The molecule has 2 aromatic carbocycles. The number of carbonyl (C=O) groups excluding carboxylic acids is 3. The number of anilines is 2. The van der Waals surface area contributed by atoms with Crippen molar-refractivity contribution in [3.05, 3.63) is 84.4 Å². The fraction of sp³-hybridized carbons (Fsp3) is 0.387. The molecule has 1 N–H and O–H groups in total. The topological polar surface area (TPSA) is 81.2 Å². The van der Waals surface area contributed by atoms with Gasteiger partial charge in [0, 0.05) is 35.4 Å². The third kappa shape index (κ3) is 4.84. The Bertz CT molecular complexity index is 1360. The number of aliphatic hydroxyl groups excluding tert-OH is 1. The predicted octanol–water partition coefficient (Wildman–Crippen LogP) is 4.84. The first-order valence-electron chi connectivity index (χ1n) is 13.6. The van der Waals surface area contributed by atoms with E-state index in [4.69, 9.17) is 11.6 Å². The maximum absolute atomic E-state index is 14.6. The highest BCUT2D eigenvalue weighted by molar-refractivity contribution is 9.09. The standard InChI is InChI=1S/C31H33BrClN3O4S/c1-4-14-34(20-11-7-6-8-12-20)28(38)23-24-29(39)36(16-17-37)27(31(24)18-21(32)26(23)41-31)30(40)35(15-5-2)25-19(3)10-9-13-22(25)33/h4-13,21,23-24,26-27,37H,1-2,14-18H2,3H3/t21?,23-,24-,26-,27?,31?/m0/s1. The van der Waals surface area contributed by atoms with Gasteiger partial charge in [0.2, 0.25) is 11.8 Å². The van der Waals surface area contributed by atoms with E-state index in [-0.39, 0.29) is 47.5 Å². The number of likely N-dealkylation sites (tertiary alicyclic amines) is 1. The Morgan fingerprint density at radius 3 is 2.44 bits per heavy atom. The summed E-state index contributed by atoms with van der Waals surface area (Å²) in [7, 11) is 0. The van der Waals surface area contributed by atoms with E-state index in [0.717, 1.165) is 11.3 Å². The zero-order valence-electron chi connectivity index (χ0n) is 22.8. The van der Waals surface area contributed by atoms with E-state index in [2.05, 4.69) is 29.1 Å². The Morgan fingerprint density at radius 1 is 1.12 bits per heavy atom. The number of benzene rings is 2. The number of thioether (sulfide) groups is 1. The molecular formula is C31H33BrClN3O4S. The van der Waals surface area contributed by atoms with Gasteiger partial charge in [-0.3, -0.25) is 14.4 Å². The fourth-order valence-corrected chi connectivity index (χ4v) is 10.7. The first kappa shape index (κ1) is 29.9. The first-order valence-corrected chi connectivity index (χ1v) is 15.8. The molecule has 2 bridgehead atoms. The number of fused-ring (bicyclic) bond motifs is 1. The number of alkyl halides is 1. The number of β-amino-alcohol motifs (C(OH)–C–C–N with tert-alkyl or cyclic N) is 1. The van der Waals surface area contributed by atoms with Crippen LogP contribution in [0.5, 0.6) is 0 Å². The van der Waals surface area contributed by atoms with Crippen molar-refractivity contribution in [2.24, 2.45) is 11.8 Å². The Balaban J connectivity index is 1.60. The molecule has 7 nitrogen and oxygen atoms in total. The van der Waals surface area contributed by atoms with Gasteiger partial charge < -0.3 is 19.8 Å². The predicted molar refractivity (Wildman–Crippen MR) is 169 cm³/mol.